The van der Waals surface area contributed by atoms with Crippen LogP contribution < -0.4 is 4.74 Å². The lowest BCUT2D eigenvalue weighted by atomic mass is 9.79. The highest BCUT2D eigenvalue weighted by molar-refractivity contribution is 6.42. The van der Waals surface area contributed by atoms with E-state index in [1.165, 1.54) is 49.8 Å². The highest BCUT2D eigenvalue weighted by Gasteiger charge is 2.42. The van der Waals surface area contributed by atoms with Crippen LogP contribution in [0.5, 0.6) is 5.75 Å². The van der Waals surface area contributed by atoms with Gasteiger partial charge in [-0.25, -0.2) is 0 Å². The summed E-state index contributed by atoms with van der Waals surface area (Å²) < 4.78 is 6.85. The molecule has 6 aromatic rings. The minimum atomic E-state index is -0.265. The van der Waals surface area contributed by atoms with Gasteiger partial charge in [-0.2, -0.15) is 0 Å². The van der Waals surface area contributed by atoms with E-state index in [9.17, 15) is 19.2 Å². The van der Waals surface area contributed by atoms with Gasteiger partial charge < -0.3 is 4.74 Å². The maximum absolute atomic E-state index is 14.8. The summed E-state index contributed by atoms with van der Waals surface area (Å²) in [6.07, 6.45) is 21.5. The predicted octanol–water partition coefficient (Wildman–Crippen LogP) is 13.3. The van der Waals surface area contributed by atoms with Crippen LogP contribution in [0.25, 0.3) is 43.1 Å². The molecule has 2 aliphatic carbocycles. The Morgan fingerprint density at radius 3 is 1.56 bits per heavy atom. The molecule has 6 aromatic carbocycles. The Morgan fingerprint density at radius 1 is 0.492 bits per heavy atom. The maximum atomic E-state index is 14.8. The van der Waals surface area contributed by atoms with Crippen LogP contribution in [0.3, 0.4) is 0 Å². The number of hydrogen-bond acceptors (Lipinski definition) is 5. The normalized spacial score (nSPS) is 17.2. The molecule has 0 N–H and O–H groups in total. The summed E-state index contributed by atoms with van der Waals surface area (Å²) in [6.45, 7) is 2.74. The second-order valence-electron chi connectivity index (χ2n) is 18.7. The summed E-state index contributed by atoms with van der Waals surface area (Å²) in [5.74, 6) is 6.45. The zero-order valence-corrected chi connectivity index (χ0v) is 36.8. The number of ether oxygens (including phenoxy) is 1. The minimum absolute atomic E-state index is 0.134. The molecule has 10 rings (SSSR count). The number of nitrogens with zero attached hydrogens (tertiary/aromatic N) is 2. The van der Waals surface area contributed by atoms with Gasteiger partial charge in [-0.15, -0.1) is 0 Å². The van der Waals surface area contributed by atoms with Crippen molar-refractivity contribution in [2.24, 2.45) is 0 Å². The van der Waals surface area contributed by atoms with Crippen molar-refractivity contribution in [3.63, 3.8) is 0 Å². The SMILES string of the molecule is CCCCCCCCCCCCOc1cc2c3c(ccc4c5c(C#Cc6ccccc6)cc6c7c(ccc(c1c34)c75)C(=O)N(C1CCCCC1)C6=O)C(=O)N(C1CCCCC1)C2=O. The van der Waals surface area contributed by atoms with Crippen LogP contribution in [0.2, 0.25) is 0 Å². The topological polar surface area (TPSA) is 84.0 Å². The van der Waals surface area contributed by atoms with E-state index in [1.807, 2.05) is 66.7 Å². The molecule has 0 unspecified atom stereocenters. The Bertz CT molecular complexity index is 2820. The molecule has 0 atom stereocenters. The monoisotopic (exact) mass is 838 g/mol. The van der Waals surface area contributed by atoms with Crippen molar-refractivity contribution in [2.75, 3.05) is 6.61 Å². The zero-order chi connectivity index (χ0) is 43.0. The van der Waals surface area contributed by atoms with Crippen molar-refractivity contribution >= 4 is 66.7 Å². The Morgan fingerprint density at radius 2 is 0.984 bits per heavy atom. The fourth-order valence-electron chi connectivity index (χ4n) is 11.5. The first kappa shape index (κ1) is 41.3. The maximum Gasteiger partial charge on any atom is 0.261 e. The molecular formula is C56H58N2O5. The van der Waals surface area contributed by atoms with Gasteiger partial charge in [0, 0.05) is 72.2 Å². The Kier molecular flexibility index (Phi) is 11.7. The minimum Gasteiger partial charge on any atom is -0.493 e. The summed E-state index contributed by atoms with van der Waals surface area (Å²) in [4.78, 5) is 62.0. The largest absolute Gasteiger partial charge is 0.493 e. The number of amides is 4. The molecule has 63 heavy (non-hydrogen) atoms. The molecule has 0 spiro atoms. The summed E-state index contributed by atoms with van der Waals surface area (Å²) >= 11 is 0. The van der Waals surface area contributed by atoms with Gasteiger partial charge >= 0.3 is 0 Å². The Hall–Kier alpha value is -5.74. The van der Waals surface area contributed by atoms with E-state index < -0.39 is 0 Å². The van der Waals surface area contributed by atoms with Gasteiger partial charge in [0.05, 0.1) is 12.2 Å². The van der Waals surface area contributed by atoms with Crippen LogP contribution in [0.15, 0.2) is 66.7 Å². The molecular weight excluding hydrogens is 781 g/mol. The van der Waals surface area contributed by atoms with Gasteiger partial charge in [0.2, 0.25) is 0 Å². The van der Waals surface area contributed by atoms with Crippen molar-refractivity contribution in [3.05, 3.63) is 100 Å². The molecule has 0 saturated heterocycles. The number of unbranched alkanes of at least 4 members (excludes halogenated alkanes) is 9. The fourth-order valence-corrected chi connectivity index (χ4v) is 11.5. The number of carbonyl (C=O) groups is 4. The lowest BCUT2D eigenvalue weighted by molar-refractivity contribution is 0.0487. The van der Waals surface area contributed by atoms with Gasteiger partial charge in [0.1, 0.15) is 5.75 Å². The summed E-state index contributed by atoms with van der Waals surface area (Å²) in [5.41, 5.74) is 3.54. The van der Waals surface area contributed by atoms with Crippen LogP contribution in [0, 0.1) is 11.8 Å². The first-order valence-corrected chi connectivity index (χ1v) is 24.2. The Balaban J connectivity index is 1.16. The van der Waals surface area contributed by atoms with E-state index in [0.717, 1.165) is 121 Å². The van der Waals surface area contributed by atoms with E-state index in [-0.39, 0.29) is 35.7 Å². The van der Waals surface area contributed by atoms with Crippen molar-refractivity contribution in [1.29, 1.82) is 0 Å². The molecule has 2 aliphatic heterocycles. The van der Waals surface area contributed by atoms with Crippen LogP contribution in [0.4, 0.5) is 0 Å². The number of imide groups is 2. The van der Waals surface area contributed by atoms with Gasteiger partial charge in [-0.1, -0.05) is 145 Å². The van der Waals surface area contributed by atoms with E-state index >= 15 is 0 Å². The lowest BCUT2D eigenvalue weighted by Gasteiger charge is -2.37. The molecule has 7 nitrogen and oxygen atoms in total. The molecule has 0 aromatic heterocycles. The number of carbonyl (C=O) groups excluding carboxylic acids is 4. The van der Waals surface area contributed by atoms with Gasteiger partial charge in [0.15, 0.2) is 0 Å². The summed E-state index contributed by atoms with van der Waals surface area (Å²) in [6, 6.07) is 21.1. The van der Waals surface area contributed by atoms with Gasteiger partial charge in [-0.05, 0) is 79.3 Å². The molecule has 2 saturated carbocycles. The quantitative estimate of drug-likeness (QED) is 0.0359. The Labute approximate surface area is 370 Å². The highest BCUT2D eigenvalue weighted by atomic mass is 16.5. The lowest BCUT2D eigenvalue weighted by Crippen LogP contribution is -2.48. The average Bonchev–Trinajstić information content (AvgIpc) is 3.31. The highest BCUT2D eigenvalue weighted by Crippen LogP contribution is 2.51. The third-order valence-corrected chi connectivity index (χ3v) is 14.6. The standard InChI is InChI=1S/C56H58N2O5/c1-2-3-4-5-6-7-8-9-10-20-33-63-46-35-45-49-43(54(60)58(56(45)62)39-25-18-13-19-26-39)31-29-40-47-37(28-27-36-21-14-11-15-22-36)34-44-48-42(32-30-41(51(47)48)50(46)52(40)49)53(59)57(55(44)61)38-23-16-12-17-24-38/h11,14-15,21-22,29-32,34-35,38-39H,2-10,12-13,16-20,23-26,33H2,1H3. The molecule has 2 heterocycles. The molecule has 4 aliphatic rings. The summed E-state index contributed by atoms with van der Waals surface area (Å²) in [7, 11) is 0. The summed E-state index contributed by atoms with van der Waals surface area (Å²) in [5, 5.41) is 6.14. The smallest absolute Gasteiger partial charge is 0.261 e. The number of benzene rings is 6. The van der Waals surface area contributed by atoms with E-state index in [2.05, 4.69) is 18.8 Å². The first-order valence-electron chi connectivity index (χ1n) is 24.2. The van der Waals surface area contributed by atoms with Crippen molar-refractivity contribution < 1.29 is 23.9 Å². The first-order chi connectivity index (χ1) is 31.0. The van der Waals surface area contributed by atoms with Crippen LogP contribution in [-0.4, -0.2) is 52.1 Å². The van der Waals surface area contributed by atoms with Crippen molar-refractivity contribution in [1.82, 2.24) is 9.80 Å². The molecule has 2 fully saturated rings. The zero-order valence-electron chi connectivity index (χ0n) is 36.8. The average molecular weight is 839 g/mol. The van der Waals surface area contributed by atoms with Crippen LogP contribution in [0.1, 0.15) is 188 Å². The van der Waals surface area contributed by atoms with E-state index in [1.54, 1.807) is 4.90 Å². The van der Waals surface area contributed by atoms with Gasteiger partial charge in [0.25, 0.3) is 23.6 Å². The molecule has 0 bridgehead atoms. The molecule has 4 amide bonds. The third-order valence-electron chi connectivity index (χ3n) is 14.6. The number of hydrogen-bond donors (Lipinski definition) is 0. The van der Waals surface area contributed by atoms with Crippen LogP contribution in [-0.2, 0) is 0 Å². The van der Waals surface area contributed by atoms with Crippen molar-refractivity contribution in [2.45, 2.75) is 147 Å². The van der Waals surface area contributed by atoms with Crippen molar-refractivity contribution in [3.8, 4) is 17.6 Å². The third kappa shape index (κ3) is 7.34. The molecule has 0 radical (unpaired) electrons. The fraction of sp³-hybridized carbons (Fsp3) is 0.429. The van der Waals surface area contributed by atoms with Crippen LogP contribution >= 0.6 is 0 Å². The molecule has 322 valence electrons. The van der Waals surface area contributed by atoms with E-state index in [0.29, 0.717) is 50.9 Å². The van der Waals surface area contributed by atoms with E-state index in [4.69, 9.17) is 4.74 Å². The van der Waals surface area contributed by atoms with Gasteiger partial charge in [-0.3, -0.25) is 29.0 Å². The molecule has 7 heteroatoms. The number of rotatable bonds is 14. The second-order valence-corrected chi connectivity index (χ2v) is 18.7. The number of fused-ring (bicyclic) bond motifs is 2. The predicted molar refractivity (Wildman–Crippen MR) is 252 cm³/mol. The second kappa shape index (κ2) is 17.8.